The fraction of sp³-hybridized carbons (Fsp3) is 0.444. The van der Waals surface area contributed by atoms with Gasteiger partial charge in [0, 0.05) is 19.0 Å². The fourth-order valence-electron chi connectivity index (χ4n) is 1.67. The number of nitrogens with zero attached hydrogens (tertiary/aromatic N) is 3. The summed E-state index contributed by atoms with van der Waals surface area (Å²) < 4.78 is 0. The van der Waals surface area contributed by atoms with Gasteiger partial charge in [0.2, 0.25) is 5.91 Å². The molecule has 5 nitrogen and oxygen atoms in total. The molecule has 0 spiro atoms. The van der Waals surface area contributed by atoms with Crippen molar-refractivity contribution in [3.63, 3.8) is 0 Å². The first-order chi connectivity index (χ1) is 7.20. The zero-order valence-electron chi connectivity index (χ0n) is 8.06. The topological polar surface area (TPSA) is 72.1 Å². The monoisotopic (exact) mass is 226 g/mol. The molecule has 0 aliphatic carbocycles. The van der Waals surface area contributed by atoms with Crippen molar-refractivity contribution in [2.24, 2.45) is 11.7 Å². The number of rotatable bonds is 2. The van der Waals surface area contributed by atoms with Gasteiger partial charge in [0.1, 0.15) is 0 Å². The highest BCUT2D eigenvalue weighted by Gasteiger charge is 2.29. The lowest BCUT2D eigenvalue weighted by molar-refractivity contribution is -0.117. The first-order valence-corrected chi connectivity index (χ1v) is 5.07. The maximum Gasteiger partial charge on any atom is 0.227 e. The molecule has 1 atom stereocenters. The minimum Gasteiger partial charge on any atom is -0.330 e. The van der Waals surface area contributed by atoms with Crippen LogP contribution in [0, 0.1) is 5.92 Å². The third-order valence-corrected chi connectivity index (χ3v) is 2.65. The first-order valence-electron chi connectivity index (χ1n) is 4.69. The molecule has 0 radical (unpaired) electrons. The summed E-state index contributed by atoms with van der Waals surface area (Å²) in [7, 11) is 0. The van der Waals surface area contributed by atoms with Gasteiger partial charge in [-0.1, -0.05) is 11.6 Å². The van der Waals surface area contributed by atoms with Gasteiger partial charge in [0.25, 0.3) is 0 Å². The maximum absolute atomic E-state index is 11.6. The Kier molecular flexibility index (Phi) is 2.83. The van der Waals surface area contributed by atoms with Crippen LogP contribution in [0.3, 0.4) is 0 Å². The number of carbonyl (C=O) groups is 1. The molecular weight excluding hydrogens is 216 g/mol. The predicted molar refractivity (Wildman–Crippen MR) is 56.6 cm³/mol. The molecular formula is C9H11ClN4O. The summed E-state index contributed by atoms with van der Waals surface area (Å²) >= 11 is 5.70. The van der Waals surface area contributed by atoms with E-state index in [1.807, 2.05) is 0 Å². The molecule has 1 saturated heterocycles. The normalized spacial score (nSPS) is 21.1. The molecule has 1 fully saturated rings. The van der Waals surface area contributed by atoms with Crippen molar-refractivity contribution >= 4 is 23.2 Å². The van der Waals surface area contributed by atoms with Crippen molar-refractivity contribution < 1.29 is 4.79 Å². The highest BCUT2D eigenvalue weighted by molar-refractivity contribution is 6.29. The van der Waals surface area contributed by atoms with E-state index in [9.17, 15) is 4.79 Å². The first kappa shape index (κ1) is 10.3. The number of hydrogen-bond donors (Lipinski definition) is 1. The zero-order chi connectivity index (χ0) is 10.8. The molecule has 1 amide bonds. The predicted octanol–water partition coefficient (Wildman–Crippen LogP) is 0.442. The van der Waals surface area contributed by atoms with Crippen molar-refractivity contribution in [2.45, 2.75) is 6.42 Å². The van der Waals surface area contributed by atoms with Crippen LogP contribution < -0.4 is 10.6 Å². The summed E-state index contributed by atoms with van der Waals surface area (Å²) in [6, 6.07) is 1.63. The fourth-order valence-corrected chi connectivity index (χ4v) is 1.82. The van der Waals surface area contributed by atoms with Crippen LogP contribution in [0.4, 0.5) is 5.69 Å². The standard InChI is InChI=1S/C9H11ClN4O/c10-8-2-7(4-12-13-8)14-5-6(3-11)1-9(14)15/h2,4,6H,1,3,5,11H2. The number of halogens is 1. The number of hydrogen-bond acceptors (Lipinski definition) is 4. The molecule has 2 N–H and O–H groups in total. The van der Waals surface area contributed by atoms with Crippen LogP contribution in [-0.2, 0) is 4.79 Å². The molecule has 0 saturated carbocycles. The Morgan fingerprint density at radius 2 is 2.47 bits per heavy atom. The third-order valence-electron chi connectivity index (χ3n) is 2.46. The van der Waals surface area contributed by atoms with E-state index < -0.39 is 0 Å². The van der Waals surface area contributed by atoms with Crippen molar-refractivity contribution in [1.82, 2.24) is 10.2 Å². The quantitative estimate of drug-likeness (QED) is 0.795. The van der Waals surface area contributed by atoms with E-state index in [-0.39, 0.29) is 17.0 Å². The minimum absolute atomic E-state index is 0.0644. The van der Waals surface area contributed by atoms with E-state index in [0.29, 0.717) is 25.2 Å². The van der Waals surface area contributed by atoms with Gasteiger partial charge in [-0.25, -0.2) is 0 Å². The summed E-state index contributed by atoms with van der Waals surface area (Å²) in [4.78, 5) is 13.3. The van der Waals surface area contributed by atoms with E-state index in [0.717, 1.165) is 0 Å². The van der Waals surface area contributed by atoms with E-state index >= 15 is 0 Å². The molecule has 1 aliphatic rings. The van der Waals surface area contributed by atoms with Crippen LogP contribution >= 0.6 is 11.6 Å². The Labute approximate surface area is 92.2 Å². The summed E-state index contributed by atoms with van der Waals surface area (Å²) in [6.07, 6.45) is 2.03. The van der Waals surface area contributed by atoms with Gasteiger partial charge >= 0.3 is 0 Å². The number of carbonyl (C=O) groups excluding carboxylic acids is 1. The van der Waals surface area contributed by atoms with Gasteiger partial charge in [0.15, 0.2) is 5.15 Å². The Morgan fingerprint density at radius 1 is 1.67 bits per heavy atom. The van der Waals surface area contributed by atoms with Crippen LogP contribution in [0.15, 0.2) is 12.3 Å². The van der Waals surface area contributed by atoms with E-state index in [1.54, 1.807) is 11.0 Å². The third kappa shape index (κ3) is 2.08. The second kappa shape index (κ2) is 4.12. The van der Waals surface area contributed by atoms with Gasteiger partial charge in [-0.3, -0.25) is 4.79 Å². The van der Waals surface area contributed by atoms with Crippen LogP contribution in [0.1, 0.15) is 6.42 Å². The van der Waals surface area contributed by atoms with Gasteiger partial charge < -0.3 is 10.6 Å². The average Bonchev–Trinajstić information content (AvgIpc) is 2.60. The molecule has 2 rings (SSSR count). The lowest BCUT2D eigenvalue weighted by Crippen LogP contribution is -2.25. The molecule has 1 aromatic rings. The highest BCUT2D eigenvalue weighted by Crippen LogP contribution is 2.24. The van der Waals surface area contributed by atoms with Crippen molar-refractivity contribution in [2.75, 3.05) is 18.0 Å². The maximum atomic E-state index is 11.6. The summed E-state index contributed by atoms with van der Waals surface area (Å²) in [5.41, 5.74) is 6.22. The smallest absolute Gasteiger partial charge is 0.227 e. The van der Waals surface area contributed by atoms with Crippen molar-refractivity contribution in [3.8, 4) is 0 Å². The molecule has 1 aromatic heterocycles. The largest absolute Gasteiger partial charge is 0.330 e. The SMILES string of the molecule is NCC1CC(=O)N(c2cnnc(Cl)c2)C1. The van der Waals surface area contributed by atoms with Crippen molar-refractivity contribution in [3.05, 3.63) is 17.4 Å². The molecule has 2 heterocycles. The van der Waals surface area contributed by atoms with Gasteiger partial charge in [-0.05, 0) is 12.5 Å². The lowest BCUT2D eigenvalue weighted by Gasteiger charge is -2.15. The summed E-state index contributed by atoms with van der Waals surface area (Å²) in [6.45, 7) is 1.16. The Morgan fingerprint density at radius 3 is 3.07 bits per heavy atom. The van der Waals surface area contributed by atoms with Gasteiger partial charge in [0.05, 0.1) is 11.9 Å². The average molecular weight is 227 g/mol. The molecule has 6 heteroatoms. The molecule has 0 aromatic carbocycles. The van der Waals surface area contributed by atoms with Crippen molar-refractivity contribution in [1.29, 1.82) is 0 Å². The molecule has 0 bridgehead atoms. The van der Waals surface area contributed by atoms with Crippen LogP contribution in [0.2, 0.25) is 5.15 Å². The number of anilines is 1. The Hall–Kier alpha value is -1.20. The van der Waals surface area contributed by atoms with E-state index in [1.165, 1.54) is 6.20 Å². The zero-order valence-corrected chi connectivity index (χ0v) is 8.81. The number of amides is 1. The number of nitrogens with two attached hydrogens (primary N) is 1. The van der Waals surface area contributed by atoms with E-state index in [4.69, 9.17) is 17.3 Å². The van der Waals surface area contributed by atoms with E-state index in [2.05, 4.69) is 10.2 Å². The second-order valence-electron chi connectivity index (χ2n) is 3.55. The lowest BCUT2D eigenvalue weighted by atomic mass is 10.1. The number of aromatic nitrogens is 2. The Balaban J connectivity index is 2.21. The molecule has 15 heavy (non-hydrogen) atoms. The van der Waals surface area contributed by atoms with Crippen LogP contribution in [0.25, 0.3) is 0 Å². The molecule has 80 valence electrons. The van der Waals surface area contributed by atoms with Gasteiger partial charge in [-0.2, -0.15) is 5.10 Å². The Bertz CT molecular complexity index is 384. The van der Waals surface area contributed by atoms with Gasteiger partial charge in [-0.15, -0.1) is 5.10 Å². The summed E-state index contributed by atoms with van der Waals surface area (Å²) in [5.74, 6) is 0.291. The van der Waals surface area contributed by atoms with Crippen LogP contribution in [0.5, 0.6) is 0 Å². The highest BCUT2D eigenvalue weighted by atomic mass is 35.5. The summed E-state index contributed by atoms with van der Waals surface area (Å²) in [5, 5.41) is 7.62. The molecule has 1 unspecified atom stereocenters. The minimum atomic E-state index is 0.0644. The van der Waals surface area contributed by atoms with Crippen LogP contribution in [-0.4, -0.2) is 29.2 Å². The second-order valence-corrected chi connectivity index (χ2v) is 3.93. The molecule has 1 aliphatic heterocycles.